The van der Waals surface area contributed by atoms with Gasteiger partial charge < -0.3 is 14.8 Å². The molecule has 1 fully saturated rings. The molecule has 1 N–H and O–H groups in total. The average Bonchev–Trinajstić information content (AvgIpc) is 2.78. The van der Waals surface area contributed by atoms with Crippen molar-refractivity contribution in [1.29, 1.82) is 0 Å². The second-order valence-corrected chi connectivity index (χ2v) is 7.23. The minimum atomic E-state index is -0.268. The van der Waals surface area contributed by atoms with Gasteiger partial charge in [0.1, 0.15) is 5.69 Å². The van der Waals surface area contributed by atoms with Crippen LogP contribution < -0.4 is 5.56 Å². The lowest BCUT2D eigenvalue weighted by Gasteiger charge is -2.34. The number of aromatic amines is 1. The highest BCUT2D eigenvalue weighted by Crippen LogP contribution is 2.14. The largest absolute Gasteiger partial charge is 0.335 e. The highest BCUT2D eigenvalue weighted by Gasteiger charge is 2.26. The first-order chi connectivity index (χ1) is 14.1. The van der Waals surface area contributed by atoms with Crippen molar-refractivity contribution in [3.05, 3.63) is 81.8 Å². The smallest absolute Gasteiger partial charge is 0.270 e. The molecule has 29 heavy (non-hydrogen) atoms. The molecule has 6 heteroatoms. The summed E-state index contributed by atoms with van der Waals surface area (Å²) in [6.07, 6.45) is 0.937. The normalized spacial score (nSPS) is 14.2. The van der Waals surface area contributed by atoms with Crippen LogP contribution in [0.15, 0.2) is 59.4 Å². The van der Waals surface area contributed by atoms with E-state index in [4.69, 9.17) is 0 Å². The molecule has 0 spiro atoms. The molecule has 0 atom stereocenters. The van der Waals surface area contributed by atoms with Gasteiger partial charge in [0.15, 0.2) is 0 Å². The number of nitrogens with one attached hydrogen (secondary N) is 1. The number of carbonyl (C=O) groups is 2. The number of carbonyl (C=O) groups excluding carboxylic acids is 2. The fourth-order valence-electron chi connectivity index (χ4n) is 3.67. The third-order valence-electron chi connectivity index (χ3n) is 5.45. The fraction of sp³-hybridized carbons (Fsp3) is 0.261. The first kappa shape index (κ1) is 18.9. The van der Waals surface area contributed by atoms with Crippen molar-refractivity contribution in [3.63, 3.8) is 0 Å². The number of hydrogen-bond acceptors (Lipinski definition) is 3. The lowest BCUT2D eigenvalue weighted by Crippen LogP contribution is -2.50. The summed E-state index contributed by atoms with van der Waals surface area (Å²) in [6, 6.07) is 16.6. The number of benzene rings is 2. The van der Waals surface area contributed by atoms with Crippen LogP contribution >= 0.6 is 0 Å². The van der Waals surface area contributed by atoms with Crippen LogP contribution in [-0.4, -0.2) is 52.8 Å². The zero-order valence-electron chi connectivity index (χ0n) is 16.4. The number of H-pyrrole nitrogens is 1. The number of aryl methyl sites for hydroxylation is 1. The number of hydrogen-bond donors (Lipinski definition) is 1. The molecular formula is C23H23N3O3. The molecule has 0 saturated carbocycles. The summed E-state index contributed by atoms with van der Waals surface area (Å²) in [5.74, 6) is -0.230. The van der Waals surface area contributed by atoms with Gasteiger partial charge in [-0.1, -0.05) is 37.3 Å². The monoisotopic (exact) mass is 389 g/mol. The second kappa shape index (κ2) is 7.91. The Labute approximate surface area is 168 Å². The van der Waals surface area contributed by atoms with E-state index in [0.29, 0.717) is 37.1 Å². The maximum Gasteiger partial charge on any atom is 0.270 e. The van der Waals surface area contributed by atoms with E-state index >= 15 is 0 Å². The van der Waals surface area contributed by atoms with Gasteiger partial charge in [-0.25, -0.2) is 0 Å². The number of rotatable bonds is 3. The molecule has 0 bridgehead atoms. The molecule has 2 aromatic carbocycles. The fourth-order valence-corrected chi connectivity index (χ4v) is 3.67. The Bertz CT molecular complexity index is 1110. The standard InChI is InChI=1S/C23H23N3O3/c1-2-16-7-9-17(10-8-16)22(28)25-11-13-26(14-12-25)23(29)20-15-18-5-3-4-6-19(18)21(27)24-20/h3-10,15H,2,11-14H2,1H3,(H,24,27). The molecule has 1 aliphatic rings. The van der Waals surface area contributed by atoms with Gasteiger partial charge in [-0.3, -0.25) is 14.4 Å². The SMILES string of the molecule is CCc1ccc(C(=O)N2CCN(C(=O)c3cc4ccccc4c(=O)[nH]3)CC2)cc1. The molecule has 2 heterocycles. The number of fused-ring (bicyclic) bond motifs is 1. The van der Waals surface area contributed by atoms with E-state index in [2.05, 4.69) is 11.9 Å². The van der Waals surface area contributed by atoms with E-state index in [9.17, 15) is 14.4 Å². The first-order valence-corrected chi connectivity index (χ1v) is 9.86. The van der Waals surface area contributed by atoms with Crippen LogP contribution in [0.25, 0.3) is 10.8 Å². The Kier molecular flexibility index (Phi) is 5.16. The van der Waals surface area contributed by atoms with Crippen molar-refractivity contribution in [2.45, 2.75) is 13.3 Å². The second-order valence-electron chi connectivity index (χ2n) is 7.23. The van der Waals surface area contributed by atoms with E-state index in [1.54, 1.807) is 28.0 Å². The molecule has 148 valence electrons. The maximum atomic E-state index is 12.9. The molecule has 0 aliphatic carbocycles. The summed E-state index contributed by atoms with van der Waals surface area (Å²) in [5, 5.41) is 1.30. The predicted molar refractivity (Wildman–Crippen MR) is 112 cm³/mol. The zero-order chi connectivity index (χ0) is 20.4. The summed E-state index contributed by atoms with van der Waals surface area (Å²) < 4.78 is 0. The van der Waals surface area contributed by atoms with Crippen LogP contribution in [0.5, 0.6) is 0 Å². The number of pyridine rings is 1. The quantitative estimate of drug-likeness (QED) is 0.749. The van der Waals surface area contributed by atoms with Gasteiger partial charge in [0.25, 0.3) is 17.4 Å². The molecule has 1 aromatic heterocycles. The Hall–Kier alpha value is -3.41. The van der Waals surface area contributed by atoms with E-state index in [-0.39, 0.29) is 23.1 Å². The van der Waals surface area contributed by atoms with Crippen LogP contribution in [0.4, 0.5) is 0 Å². The highest BCUT2D eigenvalue weighted by molar-refractivity contribution is 5.97. The molecule has 4 rings (SSSR count). The first-order valence-electron chi connectivity index (χ1n) is 9.86. The molecule has 6 nitrogen and oxygen atoms in total. The summed E-state index contributed by atoms with van der Waals surface area (Å²) >= 11 is 0. The summed E-state index contributed by atoms with van der Waals surface area (Å²) in [6.45, 7) is 3.89. The van der Waals surface area contributed by atoms with Crippen molar-refractivity contribution < 1.29 is 9.59 Å². The van der Waals surface area contributed by atoms with Crippen LogP contribution in [0.3, 0.4) is 0 Å². The average molecular weight is 389 g/mol. The number of amides is 2. The zero-order valence-corrected chi connectivity index (χ0v) is 16.4. The third-order valence-corrected chi connectivity index (χ3v) is 5.45. The molecule has 1 saturated heterocycles. The van der Waals surface area contributed by atoms with Crippen LogP contribution in [-0.2, 0) is 6.42 Å². The number of aromatic nitrogens is 1. The predicted octanol–water partition coefficient (Wildman–Crippen LogP) is 2.69. The van der Waals surface area contributed by atoms with Gasteiger partial charge in [-0.15, -0.1) is 0 Å². The van der Waals surface area contributed by atoms with E-state index in [1.807, 2.05) is 36.4 Å². The van der Waals surface area contributed by atoms with E-state index < -0.39 is 0 Å². The Morgan fingerprint density at radius 2 is 1.52 bits per heavy atom. The lowest BCUT2D eigenvalue weighted by atomic mass is 10.1. The Morgan fingerprint density at radius 1 is 0.897 bits per heavy atom. The summed E-state index contributed by atoms with van der Waals surface area (Å²) in [4.78, 5) is 44.0. The summed E-state index contributed by atoms with van der Waals surface area (Å²) in [5.41, 5.74) is 1.88. The van der Waals surface area contributed by atoms with Gasteiger partial charge >= 0.3 is 0 Å². The van der Waals surface area contributed by atoms with Crippen LogP contribution in [0, 0.1) is 0 Å². The van der Waals surface area contributed by atoms with Crippen LogP contribution in [0.1, 0.15) is 33.3 Å². The number of nitrogens with zero attached hydrogens (tertiary/aromatic N) is 2. The minimum Gasteiger partial charge on any atom is -0.335 e. The van der Waals surface area contributed by atoms with E-state index in [1.165, 1.54) is 5.56 Å². The van der Waals surface area contributed by atoms with Gasteiger partial charge in [0, 0.05) is 37.1 Å². The van der Waals surface area contributed by atoms with Crippen molar-refractivity contribution in [3.8, 4) is 0 Å². The minimum absolute atomic E-state index is 0.0149. The van der Waals surface area contributed by atoms with Crippen molar-refractivity contribution in [2.24, 2.45) is 0 Å². The van der Waals surface area contributed by atoms with Gasteiger partial charge in [-0.05, 0) is 41.6 Å². The van der Waals surface area contributed by atoms with Gasteiger partial charge in [-0.2, -0.15) is 0 Å². The maximum absolute atomic E-state index is 12.9. The molecule has 2 amide bonds. The molecule has 0 radical (unpaired) electrons. The highest BCUT2D eigenvalue weighted by atomic mass is 16.2. The van der Waals surface area contributed by atoms with E-state index in [0.717, 1.165) is 11.8 Å². The summed E-state index contributed by atoms with van der Waals surface area (Å²) in [7, 11) is 0. The van der Waals surface area contributed by atoms with Gasteiger partial charge in [0.05, 0.1) is 0 Å². The Morgan fingerprint density at radius 3 is 2.17 bits per heavy atom. The molecular weight excluding hydrogens is 366 g/mol. The third kappa shape index (κ3) is 3.78. The van der Waals surface area contributed by atoms with Gasteiger partial charge in [0.2, 0.25) is 0 Å². The van der Waals surface area contributed by atoms with Crippen LogP contribution in [0.2, 0.25) is 0 Å². The lowest BCUT2D eigenvalue weighted by molar-refractivity contribution is 0.0532. The molecule has 0 unspecified atom stereocenters. The number of piperazine rings is 1. The van der Waals surface area contributed by atoms with Crippen molar-refractivity contribution in [2.75, 3.05) is 26.2 Å². The van der Waals surface area contributed by atoms with Crippen molar-refractivity contribution >= 4 is 22.6 Å². The molecule has 3 aromatic rings. The molecule has 1 aliphatic heterocycles. The van der Waals surface area contributed by atoms with Crippen molar-refractivity contribution in [1.82, 2.24) is 14.8 Å². The Balaban J connectivity index is 1.44. The topological polar surface area (TPSA) is 73.5 Å².